The highest BCUT2D eigenvalue weighted by Crippen LogP contribution is 2.30. The van der Waals surface area contributed by atoms with Gasteiger partial charge in [0.15, 0.2) is 0 Å². The van der Waals surface area contributed by atoms with Crippen LogP contribution in [-0.2, 0) is 34.1 Å². The minimum atomic E-state index is -3.82. The number of hydrogen-bond donors (Lipinski definition) is 3. The molecule has 3 rings (SSSR count). The molecule has 0 saturated carbocycles. The Morgan fingerprint density at radius 2 is 1.71 bits per heavy atom. The number of β-amino-alcohol motifs (C(OH)–C–C–N with tert-alkyl or cyclic N) is 1. The predicted molar refractivity (Wildman–Crippen MR) is 169 cm³/mol. The van der Waals surface area contributed by atoms with E-state index in [4.69, 9.17) is 5.11 Å². The van der Waals surface area contributed by atoms with Gasteiger partial charge in [0.2, 0.25) is 10.0 Å². The number of aliphatic hydroxyl groups excluding tert-OH is 1. The molecule has 3 aromatic carbocycles. The summed E-state index contributed by atoms with van der Waals surface area (Å²) in [6, 6.07) is 21.6. The molecule has 3 N–H and O–H groups in total. The average Bonchev–Trinajstić information content (AvgIpc) is 2.95. The van der Waals surface area contributed by atoms with Crippen molar-refractivity contribution in [2.45, 2.75) is 82.8 Å². The fourth-order valence-electron chi connectivity index (χ4n) is 5.22. The van der Waals surface area contributed by atoms with Crippen LogP contribution in [0.4, 0.5) is 0 Å². The van der Waals surface area contributed by atoms with Crippen LogP contribution in [0, 0.1) is 6.92 Å². The number of likely N-dealkylation sites (N-methyl/N-ethyl adjacent to an activating group) is 1. The number of carboxylic acid groups (broad SMARTS) is 1. The number of nitrogens with zero attached hydrogens (tertiary/aromatic N) is 1. The van der Waals surface area contributed by atoms with Crippen molar-refractivity contribution in [3.05, 3.63) is 89.0 Å². The van der Waals surface area contributed by atoms with Crippen LogP contribution in [0.5, 0.6) is 0 Å². The third-order valence-corrected chi connectivity index (χ3v) is 9.68. The molecule has 1 unspecified atom stereocenters. The first-order valence-corrected chi connectivity index (χ1v) is 16.1. The molecule has 0 heterocycles. The van der Waals surface area contributed by atoms with E-state index in [1.807, 2.05) is 62.4 Å². The lowest BCUT2D eigenvalue weighted by Crippen LogP contribution is -2.46. The summed E-state index contributed by atoms with van der Waals surface area (Å²) >= 11 is 0. The zero-order valence-electron chi connectivity index (χ0n) is 25.6. The Morgan fingerprint density at radius 1 is 1.00 bits per heavy atom. The topological polar surface area (TPSA) is 107 Å². The van der Waals surface area contributed by atoms with Crippen molar-refractivity contribution in [1.29, 1.82) is 0 Å². The van der Waals surface area contributed by atoms with Crippen LogP contribution >= 0.6 is 0 Å². The van der Waals surface area contributed by atoms with Crippen LogP contribution in [0.25, 0.3) is 11.1 Å². The van der Waals surface area contributed by atoms with Gasteiger partial charge < -0.3 is 15.5 Å². The lowest BCUT2D eigenvalue weighted by atomic mass is 9.95. The number of aliphatic hydroxyl groups is 1. The minimum absolute atomic E-state index is 0.0166. The number of carboxylic acids is 1. The summed E-state index contributed by atoms with van der Waals surface area (Å²) in [5, 5.41) is 23.1. The van der Waals surface area contributed by atoms with Crippen molar-refractivity contribution in [2.24, 2.45) is 0 Å². The third kappa shape index (κ3) is 9.49. The summed E-state index contributed by atoms with van der Waals surface area (Å²) in [7, 11) is -2.31. The van der Waals surface area contributed by atoms with Crippen LogP contribution in [0.3, 0.4) is 0 Å². The number of aliphatic carboxylic acids is 1. The maximum absolute atomic E-state index is 13.6. The highest BCUT2D eigenvalue weighted by atomic mass is 32.2. The minimum Gasteiger partial charge on any atom is -0.481 e. The number of sulfonamides is 1. The van der Waals surface area contributed by atoms with E-state index in [1.165, 1.54) is 16.9 Å². The molecule has 0 spiro atoms. The fraction of sp³-hybridized carbons (Fsp3) is 0.441. The van der Waals surface area contributed by atoms with Crippen molar-refractivity contribution in [1.82, 2.24) is 9.62 Å². The van der Waals surface area contributed by atoms with Gasteiger partial charge in [-0.1, -0.05) is 61.5 Å². The summed E-state index contributed by atoms with van der Waals surface area (Å²) in [5.41, 5.74) is 5.68. The molecule has 42 heavy (non-hydrogen) atoms. The van der Waals surface area contributed by atoms with E-state index in [1.54, 1.807) is 6.07 Å². The summed E-state index contributed by atoms with van der Waals surface area (Å²) in [4.78, 5) is 11.2. The Labute approximate surface area is 251 Å². The Kier molecular flexibility index (Phi) is 11.9. The Hall–Kier alpha value is -3.04. The summed E-state index contributed by atoms with van der Waals surface area (Å²) in [6.45, 7) is 8.39. The van der Waals surface area contributed by atoms with Crippen molar-refractivity contribution in [3.63, 3.8) is 0 Å². The molecule has 0 aliphatic heterocycles. The van der Waals surface area contributed by atoms with Crippen LogP contribution < -0.4 is 5.32 Å². The van der Waals surface area contributed by atoms with E-state index in [0.29, 0.717) is 24.9 Å². The molecular weight excluding hydrogens is 548 g/mol. The average molecular weight is 595 g/mol. The molecular formula is C34H46N2O5S. The summed E-state index contributed by atoms with van der Waals surface area (Å²) < 4.78 is 28.3. The van der Waals surface area contributed by atoms with E-state index < -0.39 is 22.1 Å². The normalized spacial score (nSPS) is 12.9. The fourth-order valence-corrected chi connectivity index (χ4v) is 6.70. The SMILES string of the molecule is CCc1cc(-c2ccc(CCC(=O)O)cc2C)ccc1S(=O)(=O)N(C)CC(O)CNC(C)(C)CCCc1ccccc1. The highest BCUT2D eigenvalue weighted by molar-refractivity contribution is 7.89. The van der Waals surface area contributed by atoms with Crippen LogP contribution in [0.15, 0.2) is 71.6 Å². The molecule has 0 amide bonds. The standard InChI is InChI=1S/C34H46N2O5S/c1-6-28-22-29(31-17-14-27(21-25(31)2)15-19-33(38)39)16-18-32(28)42(40,41)36(5)24-30(37)23-35-34(3,4)20-10-13-26-11-8-7-9-12-26/h7-9,11-12,14,16-18,21-22,30,35,37H,6,10,13,15,19-20,23-24H2,1-5H3,(H,38,39). The predicted octanol–water partition coefficient (Wildman–Crippen LogP) is 5.61. The van der Waals surface area contributed by atoms with Crippen LogP contribution in [-0.4, -0.2) is 60.7 Å². The first-order chi connectivity index (χ1) is 19.8. The van der Waals surface area contributed by atoms with Gasteiger partial charge in [0.1, 0.15) is 0 Å². The van der Waals surface area contributed by atoms with Crippen molar-refractivity contribution < 1.29 is 23.4 Å². The maximum atomic E-state index is 13.6. The molecule has 0 bridgehead atoms. The van der Waals surface area contributed by atoms with E-state index in [0.717, 1.165) is 41.5 Å². The van der Waals surface area contributed by atoms with Gasteiger partial charge >= 0.3 is 5.97 Å². The summed E-state index contributed by atoms with van der Waals surface area (Å²) in [5.74, 6) is -0.826. The van der Waals surface area contributed by atoms with Crippen molar-refractivity contribution >= 4 is 16.0 Å². The van der Waals surface area contributed by atoms with Gasteiger partial charge in [0, 0.05) is 32.1 Å². The number of nitrogens with one attached hydrogen (secondary N) is 1. The second-order valence-corrected chi connectivity index (χ2v) is 13.8. The van der Waals surface area contributed by atoms with Gasteiger partial charge in [-0.15, -0.1) is 0 Å². The first-order valence-electron chi connectivity index (χ1n) is 14.7. The van der Waals surface area contributed by atoms with Gasteiger partial charge in [0.05, 0.1) is 11.0 Å². The number of hydrogen-bond acceptors (Lipinski definition) is 5. The van der Waals surface area contributed by atoms with Crippen LogP contribution in [0.1, 0.15) is 62.3 Å². The number of rotatable bonds is 16. The highest BCUT2D eigenvalue weighted by Gasteiger charge is 2.27. The van der Waals surface area contributed by atoms with Crippen molar-refractivity contribution in [3.8, 4) is 11.1 Å². The van der Waals surface area contributed by atoms with Gasteiger partial charge in [-0.3, -0.25) is 4.79 Å². The molecule has 0 radical (unpaired) electrons. The second-order valence-electron chi connectivity index (χ2n) is 11.8. The molecule has 1 atom stereocenters. The quantitative estimate of drug-likeness (QED) is 0.199. The zero-order valence-corrected chi connectivity index (χ0v) is 26.4. The molecule has 228 valence electrons. The molecule has 0 aromatic heterocycles. The number of benzene rings is 3. The summed E-state index contributed by atoms with van der Waals surface area (Å²) in [6.07, 6.45) is 3.16. The smallest absolute Gasteiger partial charge is 0.303 e. The number of aryl methyl sites for hydroxylation is 4. The lowest BCUT2D eigenvalue weighted by Gasteiger charge is -2.29. The van der Waals surface area contributed by atoms with Crippen molar-refractivity contribution in [2.75, 3.05) is 20.1 Å². The van der Waals surface area contributed by atoms with Crippen LogP contribution in [0.2, 0.25) is 0 Å². The maximum Gasteiger partial charge on any atom is 0.303 e. The zero-order chi connectivity index (χ0) is 30.9. The number of carbonyl (C=O) groups is 1. The van der Waals surface area contributed by atoms with Gasteiger partial charge in [-0.2, -0.15) is 4.31 Å². The van der Waals surface area contributed by atoms with E-state index in [-0.39, 0.29) is 23.4 Å². The first kappa shape index (κ1) is 33.5. The van der Waals surface area contributed by atoms with E-state index >= 15 is 0 Å². The van der Waals surface area contributed by atoms with Gasteiger partial charge in [-0.25, -0.2) is 8.42 Å². The Balaban J connectivity index is 1.62. The Morgan fingerprint density at radius 3 is 2.36 bits per heavy atom. The van der Waals surface area contributed by atoms with E-state index in [2.05, 4.69) is 31.3 Å². The largest absolute Gasteiger partial charge is 0.481 e. The molecule has 7 nitrogen and oxygen atoms in total. The Bertz CT molecular complexity index is 1440. The van der Waals surface area contributed by atoms with E-state index in [9.17, 15) is 18.3 Å². The molecule has 8 heteroatoms. The monoisotopic (exact) mass is 594 g/mol. The molecule has 0 aliphatic carbocycles. The molecule has 0 saturated heterocycles. The molecule has 3 aromatic rings. The lowest BCUT2D eigenvalue weighted by molar-refractivity contribution is -0.136. The second kappa shape index (κ2) is 14.9. The molecule has 0 aliphatic rings. The third-order valence-electron chi connectivity index (χ3n) is 7.75. The van der Waals surface area contributed by atoms with Gasteiger partial charge in [0.25, 0.3) is 0 Å². The molecule has 0 fully saturated rings. The van der Waals surface area contributed by atoms with Gasteiger partial charge in [-0.05, 0) is 98.4 Å².